The Hall–Kier alpha value is -2.69. The van der Waals surface area contributed by atoms with Gasteiger partial charge in [0.2, 0.25) is 0 Å². The molecule has 0 saturated carbocycles. The average molecular weight is 480 g/mol. The first-order valence-corrected chi connectivity index (χ1v) is 12.2. The van der Waals surface area contributed by atoms with Crippen molar-refractivity contribution in [2.75, 3.05) is 38.6 Å². The number of sulfonamides is 1. The molecule has 0 radical (unpaired) electrons. The van der Waals surface area contributed by atoms with Gasteiger partial charge in [0.25, 0.3) is 15.9 Å². The monoisotopic (exact) mass is 479 g/mol. The molecule has 2 aromatic carbocycles. The van der Waals surface area contributed by atoms with E-state index in [0.717, 1.165) is 12.1 Å². The summed E-state index contributed by atoms with van der Waals surface area (Å²) in [5, 5.41) is 3.41. The maximum Gasteiger partial charge on any atom is 0.261 e. The number of nitrogens with one attached hydrogen (secondary N) is 2. The lowest BCUT2D eigenvalue weighted by molar-refractivity contribution is 0.0281. The van der Waals surface area contributed by atoms with Crippen LogP contribution in [0.15, 0.2) is 47.4 Å². The number of rotatable bonds is 4. The van der Waals surface area contributed by atoms with Crippen LogP contribution in [0.4, 0.5) is 10.1 Å². The van der Waals surface area contributed by atoms with Gasteiger partial charge in [0, 0.05) is 39.0 Å². The zero-order chi connectivity index (χ0) is 24.2. The largest absolute Gasteiger partial charge is 0.491 e. The SMILES string of the molecule is CO[C@@H]1CN(C)C(=O)c2cc(NS(=O)(=O)c3cccc(F)c3)ccc2OC[C@@H](C)NC[C@@H]1C. The molecular formula is C23H30FN3O5S. The van der Waals surface area contributed by atoms with Crippen LogP contribution in [0.25, 0.3) is 0 Å². The van der Waals surface area contributed by atoms with Crippen LogP contribution in [0.3, 0.4) is 0 Å². The predicted octanol–water partition coefficient (Wildman–Crippen LogP) is 2.72. The van der Waals surface area contributed by atoms with Crippen LogP contribution in [0.1, 0.15) is 24.2 Å². The summed E-state index contributed by atoms with van der Waals surface area (Å²) in [6.45, 7) is 5.41. The zero-order valence-corrected chi connectivity index (χ0v) is 20.0. The highest BCUT2D eigenvalue weighted by atomic mass is 32.2. The molecule has 3 rings (SSSR count). The summed E-state index contributed by atoms with van der Waals surface area (Å²) < 4.78 is 52.9. The van der Waals surface area contributed by atoms with Crippen LogP contribution in [0.2, 0.25) is 0 Å². The maximum atomic E-state index is 13.5. The van der Waals surface area contributed by atoms with Gasteiger partial charge in [-0.05, 0) is 49.2 Å². The number of likely N-dealkylation sites (N-methyl/N-ethyl adjacent to an activating group) is 1. The van der Waals surface area contributed by atoms with E-state index in [1.54, 1.807) is 20.2 Å². The molecule has 0 aromatic heterocycles. The number of benzene rings is 2. The normalized spacial score (nSPS) is 22.5. The van der Waals surface area contributed by atoms with Gasteiger partial charge in [0.05, 0.1) is 16.6 Å². The molecule has 180 valence electrons. The smallest absolute Gasteiger partial charge is 0.261 e. The quantitative estimate of drug-likeness (QED) is 0.700. The molecule has 2 aromatic rings. The van der Waals surface area contributed by atoms with E-state index in [9.17, 15) is 17.6 Å². The summed E-state index contributed by atoms with van der Waals surface area (Å²) in [4.78, 5) is 14.6. The van der Waals surface area contributed by atoms with E-state index in [1.807, 2.05) is 13.8 Å². The summed E-state index contributed by atoms with van der Waals surface area (Å²) in [6.07, 6.45) is -0.183. The molecule has 0 aliphatic carbocycles. The number of fused-ring (bicyclic) bond motifs is 1. The predicted molar refractivity (Wildman–Crippen MR) is 124 cm³/mol. The van der Waals surface area contributed by atoms with Crippen molar-refractivity contribution in [1.82, 2.24) is 10.2 Å². The van der Waals surface area contributed by atoms with E-state index in [1.165, 1.54) is 29.2 Å². The first kappa shape index (κ1) is 24.9. The average Bonchev–Trinajstić information content (AvgIpc) is 2.78. The minimum atomic E-state index is -4.05. The summed E-state index contributed by atoms with van der Waals surface area (Å²) in [6, 6.07) is 9.22. The molecule has 1 heterocycles. The molecular weight excluding hydrogens is 449 g/mol. The van der Waals surface area contributed by atoms with E-state index in [2.05, 4.69) is 10.0 Å². The van der Waals surface area contributed by atoms with Crippen LogP contribution in [0, 0.1) is 11.7 Å². The molecule has 1 aliphatic rings. The van der Waals surface area contributed by atoms with Crippen molar-refractivity contribution in [3.05, 3.63) is 53.8 Å². The van der Waals surface area contributed by atoms with Crippen molar-refractivity contribution in [3.63, 3.8) is 0 Å². The minimum absolute atomic E-state index is 0.0243. The van der Waals surface area contributed by atoms with Crippen LogP contribution >= 0.6 is 0 Å². The second-order valence-corrected chi connectivity index (χ2v) is 10.0. The Morgan fingerprint density at radius 3 is 2.67 bits per heavy atom. The fourth-order valence-electron chi connectivity index (χ4n) is 3.57. The van der Waals surface area contributed by atoms with Crippen molar-refractivity contribution in [2.24, 2.45) is 5.92 Å². The van der Waals surface area contributed by atoms with E-state index in [-0.39, 0.29) is 40.1 Å². The molecule has 1 aliphatic heterocycles. The van der Waals surface area contributed by atoms with Gasteiger partial charge in [-0.15, -0.1) is 0 Å². The Bertz CT molecular complexity index is 1100. The van der Waals surface area contributed by atoms with E-state index >= 15 is 0 Å². The van der Waals surface area contributed by atoms with Crippen LogP contribution in [0.5, 0.6) is 5.75 Å². The van der Waals surface area contributed by atoms with Gasteiger partial charge in [-0.3, -0.25) is 9.52 Å². The molecule has 8 nitrogen and oxygen atoms in total. The first-order chi connectivity index (χ1) is 15.6. The van der Waals surface area contributed by atoms with Crippen molar-refractivity contribution in [1.29, 1.82) is 0 Å². The van der Waals surface area contributed by atoms with Gasteiger partial charge in [0.1, 0.15) is 18.2 Å². The number of amides is 1. The molecule has 33 heavy (non-hydrogen) atoms. The highest BCUT2D eigenvalue weighted by Crippen LogP contribution is 2.27. The van der Waals surface area contributed by atoms with Gasteiger partial charge in [-0.25, -0.2) is 12.8 Å². The molecule has 0 bridgehead atoms. The van der Waals surface area contributed by atoms with E-state index in [0.29, 0.717) is 25.4 Å². The zero-order valence-electron chi connectivity index (χ0n) is 19.2. The second-order valence-electron chi connectivity index (χ2n) is 8.33. The summed E-state index contributed by atoms with van der Waals surface area (Å²) >= 11 is 0. The lowest BCUT2D eigenvalue weighted by atomic mass is 10.0. The first-order valence-electron chi connectivity index (χ1n) is 10.7. The minimum Gasteiger partial charge on any atom is -0.491 e. The summed E-state index contributed by atoms with van der Waals surface area (Å²) in [7, 11) is -0.769. The Morgan fingerprint density at radius 2 is 1.97 bits per heavy atom. The van der Waals surface area contributed by atoms with Crippen molar-refractivity contribution in [2.45, 2.75) is 30.9 Å². The molecule has 10 heteroatoms. The van der Waals surface area contributed by atoms with Crippen LogP contribution in [-0.4, -0.2) is 65.2 Å². The van der Waals surface area contributed by atoms with Gasteiger partial charge >= 0.3 is 0 Å². The van der Waals surface area contributed by atoms with Crippen molar-refractivity contribution in [3.8, 4) is 5.75 Å². The van der Waals surface area contributed by atoms with E-state index < -0.39 is 15.8 Å². The van der Waals surface area contributed by atoms with Crippen LogP contribution in [-0.2, 0) is 14.8 Å². The Labute approximate surface area is 194 Å². The van der Waals surface area contributed by atoms with Gasteiger partial charge in [0.15, 0.2) is 0 Å². The number of halogens is 1. The number of ether oxygens (including phenoxy) is 2. The highest BCUT2D eigenvalue weighted by molar-refractivity contribution is 7.92. The molecule has 0 fully saturated rings. The maximum absolute atomic E-state index is 13.5. The fourth-order valence-corrected chi connectivity index (χ4v) is 4.65. The Morgan fingerprint density at radius 1 is 1.21 bits per heavy atom. The third kappa shape index (κ3) is 6.21. The molecule has 1 amide bonds. The molecule has 2 N–H and O–H groups in total. The highest BCUT2D eigenvalue weighted by Gasteiger charge is 2.26. The molecule has 0 saturated heterocycles. The number of methoxy groups -OCH3 is 1. The Balaban J connectivity index is 1.94. The van der Waals surface area contributed by atoms with Gasteiger partial charge < -0.3 is 19.7 Å². The third-order valence-electron chi connectivity index (χ3n) is 5.58. The van der Waals surface area contributed by atoms with E-state index in [4.69, 9.17) is 9.47 Å². The van der Waals surface area contributed by atoms with Crippen molar-refractivity contribution < 1.29 is 27.1 Å². The Kier molecular flexibility index (Phi) is 7.93. The fraction of sp³-hybridized carbons (Fsp3) is 0.435. The lowest BCUT2D eigenvalue weighted by Crippen LogP contribution is -2.44. The molecule has 0 unspecified atom stereocenters. The standard InChI is InChI=1S/C23H30FN3O5S/c1-15-12-25-16(2)14-32-21-9-8-18(11-20(21)23(28)27(3)13-22(15)31-4)26-33(29,30)19-7-5-6-17(24)10-19/h5-11,15-16,22,25-26H,12-14H2,1-4H3/t15-,16+,22+/m0/s1. The van der Waals surface area contributed by atoms with Crippen molar-refractivity contribution >= 4 is 21.6 Å². The van der Waals surface area contributed by atoms with Gasteiger partial charge in [-0.1, -0.05) is 13.0 Å². The van der Waals surface area contributed by atoms with Gasteiger partial charge in [-0.2, -0.15) is 0 Å². The topological polar surface area (TPSA) is 97.0 Å². The lowest BCUT2D eigenvalue weighted by Gasteiger charge is -2.30. The number of anilines is 1. The molecule has 0 spiro atoms. The second kappa shape index (κ2) is 10.5. The number of carbonyl (C=O) groups excluding carboxylic acids is 1. The van der Waals surface area contributed by atoms with Crippen LogP contribution < -0.4 is 14.8 Å². The number of nitrogens with zero attached hydrogens (tertiary/aromatic N) is 1. The third-order valence-corrected chi connectivity index (χ3v) is 6.96. The molecule has 3 atom stereocenters. The number of hydrogen-bond acceptors (Lipinski definition) is 6. The number of hydrogen-bond donors (Lipinski definition) is 2. The number of carbonyl (C=O) groups is 1. The summed E-state index contributed by atoms with van der Waals surface area (Å²) in [5.41, 5.74) is 0.380. The summed E-state index contributed by atoms with van der Waals surface area (Å²) in [5.74, 6) is -0.495.